The molecule has 1 heterocycles. The summed E-state index contributed by atoms with van der Waals surface area (Å²) >= 11 is 0. The van der Waals surface area contributed by atoms with Crippen molar-refractivity contribution in [2.45, 2.75) is 19.9 Å². The van der Waals surface area contributed by atoms with E-state index >= 15 is 0 Å². The van der Waals surface area contributed by atoms with Crippen molar-refractivity contribution in [2.24, 2.45) is 0 Å². The summed E-state index contributed by atoms with van der Waals surface area (Å²) in [5.74, 6) is -1.51. The number of hydrogen-bond donors (Lipinski definition) is 2. The SMILES string of the molecule is Cc1ccnn1-c1ccc(C(=O)OCC(=O)Nc2ccccc2C(=O)NC(C)c2ccccc2)cc1. The molecule has 4 aromatic rings. The summed E-state index contributed by atoms with van der Waals surface area (Å²) in [6.45, 7) is 3.32. The van der Waals surface area contributed by atoms with Crippen molar-refractivity contribution in [3.05, 3.63) is 114 Å². The van der Waals surface area contributed by atoms with E-state index in [1.807, 2.05) is 50.2 Å². The fourth-order valence-corrected chi connectivity index (χ4v) is 3.67. The molecule has 36 heavy (non-hydrogen) atoms. The second kappa shape index (κ2) is 11.1. The van der Waals surface area contributed by atoms with E-state index in [0.717, 1.165) is 16.9 Å². The van der Waals surface area contributed by atoms with Crippen LogP contribution in [0.3, 0.4) is 0 Å². The predicted octanol–water partition coefficient (Wildman–Crippen LogP) is 4.47. The number of para-hydroxylation sites is 1. The number of rotatable bonds is 8. The zero-order valence-electron chi connectivity index (χ0n) is 20.0. The summed E-state index contributed by atoms with van der Waals surface area (Å²) in [5.41, 5.74) is 3.69. The van der Waals surface area contributed by atoms with Gasteiger partial charge in [-0.05, 0) is 61.9 Å². The second-order valence-electron chi connectivity index (χ2n) is 8.21. The van der Waals surface area contributed by atoms with Gasteiger partial charge < -0.3 is 15.4 Å². The van der Waals surface area contributed by atoms with Crippen LogP contribution in [0.4, 0.5) is 5.69 Å². The number of hydrogen-bond acceptors (Lipinski definition) is 5. The maximum absolute atomic E-state index is 12.9. The molecule has 0 aliphatic rings. The number of amides is 2. The molecule has 8 nitrogen and oxygen atoms in total. The first kappa shape index (κ1) is 24.4. The van der Waals surface area contributed by atoms with Gasteiger partial charge in [-0.2, -0.15) is 5.10 Å². The van der Waals surface area contributed by atoms with Crippen LogP contribution in [-0.2, 0) is 9.53 Å². The third-order valence-electron chi connectivity index (χ3n) is 5.61. The van der Waals surface area contributed by atoms with Crippen LogP contribution in [0.15, 0.2) is 91.1 Å². The molecule has 2 amide bonds. The Morgan fingerprint density at radius 1 is 0.917 bits per heavy atom. The number of nitrogens with one attached hydrogen (secondary N) is 2. The first-order valence-electron chi connectivity index (χ1n) is 11.5. The van der Waals surface area contributed by atoms with Crippen LogP contribution < -0.4 is 10.6 Å². The van der Waals surface area contributed by atoms with Gasteiger partial charge in [0, 0.05) is 11.9 Å². The Kier molecular flexibility index (Phi) is 7.55. The van der Waals surface area contributed by atoms with Crippen molar-refractivity contribution in [2.75, 3.05) is 11.9 Å². The molecule has 0 spiro atoms. The molecule has 0 fully saturated rings. The average Bonchev–Trinajstić information content (AvgIpc) is 3.33. The fourth-order valence-electron chi connectivity index (χ4n) is 3.67. The highest BCUT2D eigenvalue weighted by Crippen LogP contribution is 2.18. The van der Waals surface area contributed by atoms with Crippen LogP contribution >= 0.6 is 0 Å². The maximum Gasteiger partial charge on any atom is 0.338 e. The van der Waals surface area contributed by atoms with Gasteiger partial charge in [-0.1, -0.05) is 42.5 Å². The Morgan fingerprint density at radius 2 is 1.61 bits per heavy atom. The Hall–Kier alpha value is -4.72. The minimum atomic E-state index is -0.628. The van der Waals surface area contributed by atoms with Gasteiger partial charge >= 0.3 is 5.97 Å². The minimum Gasteiger partial charge on any atom is -0.452 e. The molecule has 3 aromatic carbocycles. The Labute approximate surface area is 208 Å². The van der Waals surface area contributed by atoms with Gasteiger partial charge in [0.1, 0.15) is 0 Å². The van der Waals surface area contributed by atoms with Crippen molar-refractivity contribution in [3.8, 4) is 5.69 Å². The molecule has 1 atom stereocenters. The van der Waals surface area contributed by atoms with Crippen molar-refractivity contribution in [3.63, 3.8) is 0 Å². The fraction of sp³-hybridized carbons (Fsp3) is 0.143. The number of aromatic nitrogens is 2. The summed E-state index contributed by atoms with van der Waals surface area (Å²) in [6, 6.07) is 24.6. The van der Waals surface area contributed by atoms with Gasteiger partial charge in [0.2, 0.25) is 0 Å². The number of nitrogens with zero attached hydrogens (tertiary/aromatic N) is 2. The van der Waals surface area contributed by atoms with Gasteiger partial charge in [0.25, 0.3) is 11.8 Å². The van der Waals surface area contributed by atoms with Gasteiger partial charge in [-0.25, -0.2) is 9.48 Å². The number of anilines is 1. The number of benzene rings is 3. The number of ether oxygens (including phenoxy) is 1. The smallest absolute Gasteiger partial charge is 0.338 e. The van der Waals surface area contributed by atoms with E-state index < -0.39 is 18.5 Å². The van der Waals surface area contributed by atoms with Gasteiger partial charge in [0.15, 0.2) is 6.61 Å². The third-order valence-corrected chi connectivity index (χ3v) is 5.61. The molecule has 182 valence electrons. The molecule has 1 unspecified atom stereocenters. The zero-order valence-corrected chi connectivity index (χ0v) is 20.0. The summed E-state index contributed by atoms with van der Waals surface area (Å²) in [6.07, 6.45) is 1.70. The summed E-state index contributed by atoms with van der Waals surface area (Å²) in [7, 11) is 0. The van der Waals surface area contributed by atoms with Crippen molar-refractivity contribution < 1.29 is 19.1 Å². The van der Waals surface area contributed by atoms with E-state index in [2.05, 4.69) is 15.7 Å². The van der Waals surface area contributed by atoms with E-state index in [4.69, 9.17) is 4.74 Å². The molecule has 0 aliphatic heterocycles. The Bertz CT molecular complexity index is 1360. The number of aryl methyl sites for hydroxylation is 1. The highest BCUT2D eigenvalue weighted by molar-refractivity contribution is 6.04. The normalized spacial score (nSPS) is 11.4. The van der Waals surface area contributed by atoms with E-state index in [0.29, 0.717) is 16.8 Å². The predicted molar refractivity (Wildman–Crippen MR) is 136 cm³/mol. The number of carbonyl (C=O) groups excluding carboxylic acids is 3. The first-order valence-corrected chi connectivity index (χ1v) is 11.5. The second-order valence-corrected chi connectivity index (χ2v) is 8.21. The van der Waals surface area contributed by atoms with E-state index in [1.54, 1.807) is 59.4 Å². The molecule has 2 N–H and O–H groups in total. The highest BCUT2D eigenvalue weighted by atomic mass is 16.5. The van der Waals surface area contributed by atoms with Crippen LogP contribution in [0.2, 0.25) is 0 Å². The zero-order chi connectivity index (χ0) is 25.5. The topological polar surface area (TPSA) is 102 Å². The van der Waals surface area contributed by atoms with E-state index in [9.17, 15) is 14.4 Å². The lowest BCUT2D eigenvalue weighted by Crippen LogP contribution is -2.28. The quantitative estimate of drug-likeness (QED) is 0.361. The molecule has 0 saturated heterocycles. The van der Waals surface area contributed by atoms with Gasteiger partial charge in [-0.15, -0.1) is 0 Å². The molecular formula is C28H26N4O4. The van der Waals surface area contributed by atoms with E-state index in [-0.39, 0.29) is 11.9 Å². The average molecular weight is 483 g/mol. The van der Waals surface area contributed by atoms with Gasteiger partial charge in [0.05, 0.1) is 28.5 Å². The highest BCUT2D eigenvalue weighted by Gasteiger charge is 2.17. The van der Waals surface area contributed by atoms with E-state index in [1.165, 1.54) is 0 Å². The lowest BCUT2D eigenvalue weighted by molar-refractivity contribution is -0.119. The molecule has 8 heteroatoms. The van der Waals surface area contributed by atoms with Crippen LogP contribution in [0.25, 0.3) is 5.69 Å². The maximum atomic E-state index is 12.9. The lowest BCUT2D eigenvalue weighted by Gasteiger charge is -2.16. The molecular weight excluding hydrogens is 456 g/mol. The Balaban J connectivity index is 1.34. The first-order chi connectivity index (χ1) is 17.4. The monoisotopic (exact) mass is 482 g/mol. The van der Waals surface area contributed by atoms with Crippen LogP contribution in [0.5, 0.6) is 0 Å². The lowest BCUT2D eigenvalue weighted by atomic mass is 10.1. The largest absolute Gasteiger partial charge is 0.452 e. The van der Waals surface area contributed by atoms with Crippen LogP contribution in [-0.4, -0.2) is 34.2 Å². The van der Waals surface area contributed by atoms with Crippen molar-refractivity contribution in [1.82, 2.24) is 15.1 Å². The third kappa shape index (κ3) is 5.85. The molecule has 4 rings (SSSR count). The summed E-state index contributed by atoms with van der Waals surface area (Å²) in [5, 5.41) is 9.82. The molecule has 0 bridgehead atoms. The summed E-state index contributed by atoms with van der Waals surface area (Å²) in [4.78, 5) is 37.8. The van der Waals surface area contributed by atoms with Crippen molar-refractivity contribution in [1.29, 1.82) is 0 Å². The number of esters is 1. The van der Waals surface area contributed by atoms with Crippen LogP contribution in [0.1, 0.15) is 44.9 Å². The molecule has 0 radical (unpaired) electrons. The van der Waals surface area contributed by atoms with Crippen molar-refractivity contribution >= 4 is 23.5 Å². The minimum absolute atomic E-state index is 0.216. The standard InChI is InChI=1S/C28H26N4O4/c1-19-16-17-29-32(19)23-14-12-22(13-15-23)28(35)36-18-26(33)31-25-11-7-6-10-24(25)27(34)30-20(2)21-8-4-3-5-9-21/h3-17,20H,18H2,1-2H3,(H,30,34)(H,31,33). The Morgan fingerprint density at radius 3 is 2.31 bits per heavy atom. The molecule has 1 aromatic heterocycles. The summed E-state index contributed by atoms with van der Waals surface area (Å²) < 4.78 is 6.91. The van der Waals surface area contributed by atoms with Crippen LogP contribution in [0, 0.1) is 6.92 Å². The number of carbonyl (C=O) groups is 3. The van der Waals surface area contributed by atoms with Gasteiger partial charge in [-0.3, -0.25) is 9.59 Å². The molecule has 0 saturated carbocycles. The molecule has 0 aliphatic carbocycles.